The predicted molar refractivity (Wildman–Crippen MR) is 61.7 cm³/mol. The van der Waals surface area contributed by atoms with Gasteiger partial charge in [-0.25, -0.2) is 4.98 Å². The molecule has 1 fully saturated rings. The average Bonchev–Trinajstić information content (AvgIpc) is 2.66. The van der Waals surface area contributed by atoms with Gasteiger partial charge in [-0.1, -0.05) is 19.3 Å². The zero-order valence-electron chi connectivity index (χ0n) is 9.52. The normalized spacial score (nSPS) is 20.4. The van der Waals surface area contributed by atoms with Gasteiger partial charge in [0, 0.05) is 30.9 Å². The second kappa shape index (κ2) is 4.79. The predicted octanol–water partition coefficient (Wildman–Crippen LogP) is 2.28. The Bertz CT molecular complexity index is 298. The molecule has 0 spiro atoms. The molecule has 2 N–H and O–H groups in total. The topological polar surface area (TPSA) is 43.8 Å². The van der Waals surface area contributed by atoms with Crippen molar-refractivity contribution in [1.82, 2.24) is 9.55 Å². The van der Waals surface area contributed by atoms with E-state index in [4.69, 9.17) is 5.73 Å². The van der Waals surface area contributed by atoms with Gasteiger partial charge >= 0.3 is 0 Å². The molecule has 0 radical (unpaired) electrons. The molecule has 3 nitrogen and oxygen atoms in total. The summed E-state index contributed by atoms with van der Waals surface area (Å²) in [6, 6.07) is 0.879. The number of imidazole rings is 1. The van der Waals surface area contributed by atoms with Crippen LogP contribution in [0.15, 0.2) is 12.4 Å². The Morgan fingerprint density at radius 2 is 2.20 bits per heavy atom. The smallest absolute Gasteiger partial charge is 0.110 e. The van der Waals surface area contributed by atoms with Gasteiger partial charge in [-0.15, -0.1) is 0 Å². The van der Waals surface area contributed by atoms with E-state index in [1.54, 1.807) is 0 Å². The average molecular weight is 207 g/mol. The second-order valence-corrected chi connectivity index (χ2v) is 4.72. The third-order valence-corrected chi connectivity index (χ3v) is 3.22. The minimum atomic E-state index is 0.203. The van der Waals surface area contributed by atoms with Gasteiger partial charge in [0.2, 0.25) is 0 Å². The summed E-state index contributed by atoms with van der Waals surface area (Å²) >= 11 is 0. The molecule has 15 heavy (non-hydrogen) atoms. The molecule has 1 heterocycles. The van der Waals surface area contributed by atoms with Crippen LogP contribution in [0.1, 0.15) is 50.9 Å². The quantitative estimate of drug-likeness (QED) is 0.826. The van der Waals surface area contributed by atoms with E-state index in [9.17, 15) is 0 Å². The number of hydrogen-bond acceptors (Lipinski definition) is 2. The first-order chi connectivity index (χ1) is 7.27. The van der Waals surface area contributed by atoms with Crippen molar-refractivity contribution in [2.24, 2.45) is 5.73 Å². The van der Waals surface area contributed by atoms with E-state index >= 15 is 0 Å². The molecular weight excluding hydrogens is 186 g/mol. The summed E-state index contributed by atoms with van der Waals surface area (Å²) < 4.78 is 2.35. The lowest BCUT2D eigenvalue weighted by molar-refractivity contribution is 0.344. The van der Waals surface area contributed by atoms with Gasteiger partial charge in [0.15, 0.2) is 0 Å². The molecule has 1 saturated carbocycles. The van der Waals surface area contributed by atoms with E-state index in [1.807, 2.05) is 13.1 Å². The first-order valence-corrected chi connectivity index (χ1v) is 6.04. The van der Waals surface area contributed by atoms with Crippen LogP contribution in [-0.4, -0.2) is 15.6 Å². The van der Waals surface area contributed by atoms with Crippen molar-refractivity contribution in [3.63, 3.8) is 0 Å². The van der Waals surface area contributed by atoms with E-state index in [0.29, 0.717) is 6.04 Å². The highest BCUT2D eigenvalue weighted by Crippen LogP contribution is 2.28. The highest BCUT2D eigenvalue weighted by molar-refractivity contribution is 4.97. The Hall–Kier alpha value is -0.830. The summed E-state index contributed by atoms with van der Waals surface area (Å²) in [7, 11) is 0. The van der Waals surface area contributed by atoms with E-state index in [0.717, 1.165) is 12.2 Å². The van der Waals surface area contributed by atoms with Crippen molar-refractivity contribution >= 4 is 0 Å². The van der Waals surface area contributed by atoms with E-state index < -0.39 is 0 Å². The molecule has 84 valence electrons. The van der Waals surface area contributed by atoms with Crippen molar-refractivity contribution in [2.75, 3.05) is 0 Å². The second-order valence-electron chi connectivity index (χ2n) is 4.72. The van der Waals surface area contributed by atoms with Gasteiger partial charge in [0.25, 0.3) is 0 Å². The lowest BCUT2D eigenvalue weighted by Crippen LogP contribution is -2.22. The minimum absolute atomic E-state index is 0.203. The number of aromatic nitrogens is 2. The van der Waals surface area contributed by atoms with Gasteiger partial charge < -0.3 is 10.3 Å². The van der Waals surface area contributed by atoms with Crippen LogP contribution < -0.4 is 5.73 Å². The molecule has 0 aliphatic heterocycles. The summed E-state index contributed by atoms with van der Waals surface area (Å²) in [6.45, 7) is 2.04. The van der Waals surface area contributed by atoms with E-state index in [2.05, 4.69) is 15.7 Å². The molecule has 1 unspecified atom stereocenters. The van der Waals surface area contributed by atoms with Crippen LogP contribution in [0.5, 0.6) is 0 Å². The lowest BCUT2D eigenvalue weighted by Gasteiger charge is -2.25. The molecule has 0 saturated heterocycles. The Morgan fingerprint density at radius 3 is 2.87 bits per heavy atom. The lowest BCUT2D eigenvalue weighted by atomic mass is 9.95. The fourth-order valence-electron chi connectivity index (χ4n) is 2.48. The number of nitrogens with two attached hydrogens (primary N) is 1. The van der Waals surface area contributed by atoms with Gasteiger partial charge in [0.05, 0.1) is 0 Å². The fourth-order valence-corrected chi connectivity index (χ4v) is 2.48. The molecule has 1 aliphatic carbocycles. The number of hydrogen-bond donors (Lipinski definition) is 1. The Morgan fingerprint density at radius 1 is 1.47 bits per heavy atom. The summed E-state index contributed by atoms with van der Waals surface area (Å²) in [6.07, 6.45) is 11.7. The molecule has 1 aromatic rings. The first kappa shape index (κ1) is 10.7. The van der Waals surface area contributed by atoms with Crippen molar-refractivity contribution < 1.29 is 0 Å². The first-order valence-electron chi connectivity index (χ1n) is 6.04. The molecule has 2 rings (SSSR count). The largest absolute Gasteiger partial charge is 0.332 e. The maximum Gasteiger partial charge on any atom is 0.110 e. The zero-order chi connectivity index (χ0) is 10.7. The maximum absolute atomic E-state index is 5.83. The summed E-state index contributed by atoms with van der Waals surface area (Å²) in [4.78, 5) is 4.41. The van der Waals surface area contributed by atoms with Crippen LogP contribution >= 0.6 is 0 Å². The highest BCUT2D eigenvalue weighted by atomic mass is 15.1. The molecule has 3 heteroatoms. The highest BCUT2D eigenvalue weighted by Gasteiger charge is 2.17. The molecule has 0 aromatic carbocycles. The maximum atomic E-state index is 5.83. The third-order valence-electron chi connectivity index (χ3n) is 3.22. The molecule has 1 atom stereocenters. The van der Waals surface area contributed by atoms with Gasteiger partial charge in [-0.3, -0.25) is 0 Å². The summed E-state index contributed by atoms with van der Waals surface area (Å²) in [5, 5.41) is 0. The van der Waals surface area contributed by atoms with Gasteiger partial charge in [0.1, 0.15) is 5.82 Å². The fraction of sp³-hybridized carbons (Fsp3) is 0.750. The zero-order valence-corrected chi connectivity index (χ0v) is 9.52. The Balaban J connectivity index is 2.09. The van der Waals surface area contributed by atoms with Crippen molar-refractivity contribution in [3.8, 4) is 0 Å². The van der Waals surface area contributed by atoms with Crippen molar-refractivity contribution in [3.05, 3.63) is 18.2 Å². The van der Waals surface area contributed by atoms with E-state index in [-0.39, 0.29) is 6.04 Å². The SMILES string of the molecule is CC(N)Cc1nccn1C1CCCCC1. The molecular formula is C12H21N3. The van der Waals surface area contributed by atoms with Gasteiger partial charge in [-0.2, -0.15) is 0 Å². The minimum Gasteiger partial charge on any atom is -0.332 e. The van der Waals surface area contributed by atoms with Crippen LogP contribution in [-0.2, 0) is 6.42 Å². The molecule has 1 aromatic heterocycles. The summed E-state index contributed by atoms with van der Waals surface area (Å²) in [5.41, 5.74) is 5.83. The summed E-state index contributed by atoms with van der Waals surface area (Å²) in [5.74, 6) is 1.16. The molecule has 1 aliphatic rings. The number of rotatable bonds is 3. The monoisotopic (exact) mass is 207 g/mol. The molecule has 0 amide bonds. The van der Waals surface area contributed by atoms with Crippen LogP contribution in [0.25, 0.3) is 0 Å². The van der Waals surface area contributed by atoms with Crippen LogP contribution in [0.4, 0.5) is 0 Å². The van der Waals surface area contributed by atoms with Crippen LogP contribution in [0.2, 0.25) is 0 Å². The van der Waals surface area contributed by atoms with Crippen LogP contribution in [0.3, 0.4) is 0 Å². The molecule has 0 bridgehead atoms. The standard InChI is InChI=1S/C12H21N3/c1-10(13)9-12-14-7-8-15(12)11-5-3-2-4-6-11/h7-8,10-11H,2-6,9,13H2,1H3. The Labute approximate surface area is 91.7 Å². The van der Waals surface area contributed by atoms with Gasteiger partial charge in [-0.05, 0) is 19.8 Å². The van der Waals surface area contributed by atoms with Crippen molar-refractivity contribution in [1.29, 1.82) is 0 Å². The van der Waals surface area contributed by atoms with Crippen LogP contribution in [0, 0.1) is 0 Å². The third kappa shape index (κ3) is 2.59. The Kier molecular flexibility index (Phi) is 3.41. The van der Waals surface area contributed by atoms with E-state index in [1.165, 1.54) is 32.1 Å². The van der Waals surface area contributed by atoms with Crippen molar-refractivity contribution in [2.45, 2.75) is 57.5 Å². The number of nitrogens with zero attached hydrogens (tertiary/aromatic N) is 2.